The first kappa shape index (κ1) is 27.3. The summed E-state index contributed by atoms with van der Waals surface area (Å²) in [6, 6.07) is 56.5. The van der Waals surface area contributed by atoms with Crippen LogP contribution in [-0.2, 0) is 0 Å². The second-order valence-corrected chi connectivity index (χ2v) is 11.3. The van der Waals surface area contributed by atoms with Gasteiger partial charge in [-0.3, -0.25) is 5.41 Å². The predicted octanol–water partition coefficient (Wildman–Crippen LogP) is 10.8. The predicted molar refractivity (Wildman–Crippen MR) is 194 cm³/mol. The maximum absolute atomic E-state index is 8.46. The van der Waals surface area contributed by atoms with E-state index in [-0.39, 0.29) is 5.84 Å². The summed E-state index contributed by atoms with van der Waals surface area (Å²) >= 11 is 0. The van der Waals surface area contributed by atoms with E-state index in [4.69, 9.17) is 5.41 Å². The Balaban J connectivity index is 1.29. The van der Waals surface area contributed by atoms with Gasteiger partial charge in [-0.25, -0.2) is 4.99 Å². The minimum absolute atomic E-state index is 0.237. The van der Waals surface area contributed by atoms with Crippen molar-refractivity contribution in [3.05, 3.63) is 175 Å². The number of rotatable bonds is 6. The molecule has 0 saturated heterocycles. The molecule has 0 amide bonds. The summed E-state index contributed by atoms with van der Waals surface area (Å²) in [5.74, 6) is 0.237. The van der Waals surface area contributed by atoms with E-state index >= 15 is 0 Å². The third-order valence-electron chi connectivity index (χ3n) is 8.52. The lowest BCUT2D eigenvalue weighted by Crippen LogP contribution is -1.98. The van der Waals surface area contributed by atoms with Crippen molar-refractivity contribution in [1.29, 1.82) is 5.41 Å². The SMILES string of the molecule is N=C(N=Cc1cccc2c(Nc3cc4c(cc3-c3ccccc3)c3ccccc3n4-c3ccccc3)cccc12)c1ccccc1. The van der Waals surface area contributed by atoms with E-state index in [9.17, 15) is 0 Å². The van der Waals surface area contributed by atoms with E-state index in [0.29, 0.717) is 0 Å². The van der Waals surface area contributed by atoms with Crippen LogP contribution < -0.4 is 5.32 Å². The number of benzene rings is 7. The second-order valence-electron chi connectivity index (χ2n) is 11.3. The van der Waals surface area contributed by atoms with E-state index in [1.807, 2.05) is 36.4 Å². The molecule has 0 aliphatic rings. The van der Waals surface area contributed by atoms with Gasteiger partial charge in [0, 0.05) is 56.1 Å². The zero-order valence-corrected chi connectivity index (χ0v) is 25.1. The fourth-order valence-corrected chi connectivity index (χ4v) is 6.34. The Kier molecular flexibility index (Phi) is 6.93. The smallest absolute Gasteiger partial charge is 0.151 e. The molecular weight excluding hydrogens is 560 g/mol. The van der Waals surface area contributed by atoms with E-state index in [1.165, 1.54) is 16.3 Å². The summed E-state index contributed by atoms with van der Waals surface area (Å²) in [5.41, 5.74) is 9.51. The Morgan fingerprint density at radius 1 is 0.543 bits per heavy atom. The van der Waals surface area contributed by atoms with E-state index < -0.39 is 0 Å². The Bertz CT molecular complexity index is 2390. The van der Waals surface area contributed by atoms with Crippen LogP contribution in [0, 0.1) is 5.41 Å². The number of hydrogen-bond acceptors (Lipinski definition) is 2. The molecule has 8 aromatic rings. The van der Waals surface area contributed by atoms with Gasteiger partial charge in [-0.1, -0.05) is 127 Å². The van der Waals surface area contributed by atoms with Crippen LogP contribution in [0.4, 0.5) is 11.4 Å². The minimum atomic E-state index is 0.237. The van der Waals surface area contributed by atoms with Crippen LogP contribution in [-0.4, -0.2) is 16.6 Å². The number of hydrogen-bond donors (Lipinski definition) is 2. The molecule has 0 radical (unpaired) electrons. The first-order valence-electron chi connectivity index (χ1n) is 15.4. The van der Waals surface area contributed by atoms with Gasteiger partial charge in [0.25, 0.3) is 0 Å². The molecule has 1 heterocycles. The van der Waals surface area contributed by atoms with Crippen LogP contribution in [0.25, 0.3) is 49.4 Å². The van der Waals surface area contributed by atoms with Crippen molar-refractivity contribution in [3.63, 3.8) is 0 Å². The van der Waals surface area contributed by atoms with Gasteiger partial charge in [0.1, 0.15) is 0 Å². The summed E-state index contributed by atoms with van der Waals surface area (Å²) in [6.45, 7) is 0. The summed E-state index contributed by atoms with van der Waals surface area (Å²) in [7, 11) is 0. The number of aromatic nitrogens is 1. The molecule has 0 aliphatic carbocycles. The van der Waals surface area contributed by atoms with Crippen LogP contribution in [0.2, 0.25) is 0 Å². The lowest BCUT2D eigenvalue weighted by atomic mass is 9.99. The molecule has 7 aromatic carbocycles. The third-order valence-corrected chi connectivity index (χ3v) is 8.52. The van der Waals surface area contributed by atoms with Gasteiger partial charge in [0.05, 0.1) is 11.0 Å². The highest BCUT2D eigenvalue weighted by Crippen LogP contribution is 2.41. The van der Waals surface area contributed by atoms with Crippen molar-refractivity contribution in [2.75, 3.05) is 5.32 Å². The fraction of sp³-hybridized carbons (Fsp3) is 0. The molecule has 4 heteroatoms. The van der Waals surface area contributed by atoms with Gasteiger partial charge < -0.3 is 9.88 Å². The first-order valence-corrected chi connectivity index (χ1v) is 15.4. The second kappa shape index (κ2) is 11.7. The molecule has 2 N–H and O–H groups in total. The third kappa shape index (κ3) is 4.92. The van der Waals surface area contributed by atoms with Crippen molar-refractivity contribution in [1.82, 2.24) is 4.57 Å². The largest absolute Gasteiger partial charge is 0.354 e. The molecule has 0 atom stereocenters. The minimum Gasteiger partial charge on any atom is -0.354 e. The number of anilines is 2. The lowest BCUT2D eigenvalue weighted by Gasteiger charge is -2.17. The fourth-order valence-electron chi connectivity index (χ4n) is 6.34. The first-order chi connectivity index (χ1) is 22.7. The molecule has 0 bridgehead atoms. The quantitative estimate of drug-likeness (QED) is 0.147. The summed E-state index contributed by atoms with van der Waals surface area (Å²) in [5, 5.41) is 16.9. The van der Waals surface area contributed by atoms with E-state index in [2.05, 4.69) is 142 Å². The van der Waals surface area contributed by atoms with Crippen LogP contribution in [0.3, 0.4) is 0 Å². The van der Waals surface area contributed by atoms with Crippen molar-refractivity contribution in [2.24, 2.45) is 4.99 Å². The van der Waals surface area contributed by atoms with Crippen molar-refractivity contribution >= 4 is 56.0 Å². The van der Waals surface area contributed by atoms with Crippen LogP contribution >= 0.6 is 0 Å². The zero-order chi connectivity index (χ0) is 30.9. The number of nitrogens with zero attached hydrogens (tertiary/aromatic N) is 2. The highest BCUT2D eigenvalue weighted by atomic mass is 15.0. The average molecular weight is 591 g/mol. The number of amidine groups is 1. The molecule has 0 fully saturated rings. The summed E-state index contributed by atoms with van der Waals surface area (Å²) in [6.07, 6.45) is 1.79. The van der Waals surface area contributed by atoms with Crippen LogP contribution in [0.1, 0.15) is 11.1 Å². The molecule has 218 valence electrons. The highest BCUT2D eigenvalue weighted by Gasteiger charge is 2.17. The molecule has 46 heavy (non-hydrogen) atoms. The normalized spacial score (nSPS) is 11.5. The molecule has 0 aliphatic heterocycles. The van der Waals surface area contributed by atoms with Crippen LogP contribution in [0.5, 0.6) is 0 Å². The standard InChI is InChI=1S/C42H30N4/c43-42(30-16-6-2-7-17-30)44-28-31-18-12-23-34-33(31)22-13-24-38(34)45-39-27-41-37(26-36(39)29-14-4-1-5-15-29)35-21-10-11-25-40(35)46(41)32-19-8-3-9-20-32/h1-28,43,45H. The summed E-state index contributed by atoms with van der Waals surface area (Å²) in [4.78, 5) is 4.51. The van der Waals surface area contributed by atoms with Gasteiger partial charge >= 0.3 is 0 Å². The van der Waals surface area contributed by atoms with Crippen molar-refractivity contribution < 1.29 is 0 Å². The molecule has 1 aromatic heterocycles. The summed E-state index contributed by atoms with van der Waals surface area (Å²) < 4.78 is 2.35. The molecule has 0 unspecified atom stereocenters. The van der Waals surface area contributed by atoms with Gasteiger partial charge in [-0.15, -0.1) is 0 Å². The molecule has 0 spiro atoms. The Morgan fingerprint density at radius 3 is 2.00 bits per heavy atom. The topological polar surface area (TPSA) is 53.2 Å². The Labute approximate surface area is 267 Å². The Hall–Kier alpha value is -6.26. The zero-order valence-electron chi connectivity index (χ0n) is 25.1. The molecule has 0 saturated carbocycles. The molecular formula is C42H30N4. The van der Waals surface area contributed by atoms with Gasteiger partial charge in [-0.05, 0) is 47.3 Å². The van der Waals surface area contributed by atoms with Crippen molar-refractivity contribution in [3.8, 4) is 16.8 Å². The van der Waals surface area contributed by atoms with Crippen molar-refractivity contribution in [2.45, 2.75) is 0 Å². The van der Waals surface area contributed by atoms with E-state index in [0.717, 1.165) is 55.6 Å². The average Bonchev–Trinajstić information content (AvgIpc) is 3.44. The monoisotopic (exact) mass is 590 g/mol. The molecule has 4 nitrogen and oxygen atoms in total. The number of fused-ring (bicyclic) bond motifs is 4. The number of para-hydroxylation sites is 2. The van der Waals surface area contributed by atoms with Gasteiger partial charge in [0.15, 0.2) is 5.84 Å². The molecule has 8 rings (SSSR count). The van der Waals surface area contributed by atoms with Crippen LogP contribution in [0.15, 0.2) is 169 Å². The van der Waals surface area contributed by atoms with E-state index in [1.54, 1.807) is 6.21 Å². The maximum atomic E-state index is 8.46. The number of nitrogens with one attached hydrogen (secondary N) is 2. The Morgan fingerprint density at radius 2 is 1.20 bits per heavy atom. The maximum Gasteiger partial charge on any atom is 0.151 e. The van der Waals surface area contributed by atoms with Gasteiger partial charge in [0.2, 0.25) is 0 Å². The highest BCUT2D eigenvalue weighted by molar-refractivity contribution is 6.13. The lowest BCUT2D eigenvalue weighted by molar-refractivity contribution is 1.18. The van der Waals surface area contributed by atoms with Gasteiger partial charge in [-0.2, -0.15) is 0 Å². The number of aliphatic imine (C=N–C) groups is 1.